The summed E-state index contributed by atoms with van der Waals surface area (Å²) in [6.07, 6.45) is 1.62. The van der Waals surface area contributed by atoms with Gasteiger partial charge in [0.2, 0.25) is 0 Å². The minimum Gasteiger partial charge on any atom is -0.351 e. The highest BCUT2D eigenvalue weighted by Crippen LogP contribution is 2.20. The zero-order chi connectivity index (χ0) is 14.5. The zero-order valence-corrected chi connectivity index (χ0v) is 13.3. The summed E-state index contributed by atoms with van der Waals surface area (Å²) in [6, 6.07) is 0. The molecule has 0 unspecified atom stereocenters. The Kier molecular flexibility index (Phi) is 5.13. The van der Waals surface area contributed by atoms with Crippen molar-refractivity contribution in [2.24, 2.45) is 0 Å². The van der Waals surface area contributed by atoms with Crippen LogP contribution in [0, 0.1) is 13.8 Å². The Hall–Kier alpha value is -1.41. The number of hydrogen-bond acceptors (Lipinski definition) is 6. The third kappa shape index (κ3) is 3.57. The summed E-state index contributed by atoms with van der Waals surface area (Å²) in [5, 5.41) is 16.0. The lowest BCUT2D eigenvalue weighted by molar-refractivity contribution is 0.0955. The number of carbonyl (C=O) groups excluding carboxylic acids is 1. The molecular weight excluding hydrogens is 294 g/mol. The first-order chi connectivity index (χ1) is 9.61. The Morgan fingerprint density at radius 2 is 2.25 bits per heavy atom. The number of aryl methyl sites for hydroxylation is 2. The molecule has 108 valence electrons. The van der Waals surface area contributed by atoms with Gasteiger partial charge in [-0.05, 0) is 20.8 Å². The number of aromatic nitrogens is 4. The average molecular weight is 311 g/mol. The smallest absolute Gasteiger partial charge is 0.254 e. The largest absolute Gasteiger partial charge is 0.351 e. The van der Waals surface area contributed by atoms with Gasteiger partial charge in [-0.1, -0.05) is 23.1 Å². The number of thioether (sulfide) groups is 1. The van der Waals surface area contributed by atoms with Gasteiger partial charge in [0, 0.05) is 24.5 Å². The van der Waals surface area contributed by atoms with Crippen LogP contribution in [0.4, 0.5) is 0 Å². The highest BCUT2D eigenvalue weighted by Gasteiger charge is 2.12. The second-order valence-electron chi connectivity index (χ2n) is 4.15. The molecule has 2 aromatic rings. The van der Waals surface area contributed by atoms with E-state index in [1.54, 1.807) is 29.3 Å². The normalized spacial score (nSPS) is 10.8. The number of rotatable bonds is 6. The number of nitrogens with zero attached hydrogens (tertiary/aromatic N) is 4. The molecule has 0 aliphatic heterocycles. The molecule has 0 bridgehead atoms. The van der Waals surface area contributed by atoms with Crippen LogP contribution in [-0.2, 0) is 6.54 Å². The predicted molar refractivity (Wildman–Crippen MR) is 80.3 cm³/mol. The van der Waals surface area contributed by atoms with Gasteiger partial charge in [-0.25, -0.2) is 0 Å². The lowest BCUT2D eigenvalue weighted by atomic mass is 10.2. The van der Waals surface area contributed by atoms with Gasteiger partial charge in [-0.2, -0.15) is 5.10 Å². The lowest BCUT2D eigenvalue weighted by Gasteiger charge is -2.04. The molecule has 0 radical (unpaired) electrons. The van der Waals surface area contributed by atoms with Crippen LogP contribution >= 0.6 is 23.1 Å². The van der Waals surface area contributed by atoms with Crippen molar-refractivity contribution in [3.8, 4) is 0 Å². The number of nitrogens with one attached hydrogen (secondary N) is 1. The summed E-state index contributed by atoms with van der Waals surface area (Å²) in [6.45, 7) is 7.20. The van der Waals surface area contributed by atoms with Gasteiger partial charge >= 0.3 is 0 Å². The predicted octanol–water partition coefficient (Wildman–Crippen LogP) is 1.89. The van der Waals surface area contributed by atoms with Gasteiger partial charge in [-0.15, -0.1) is 10.2 Å². The molecule has 0 aromatic carbocycles. The van der Waals surface area contributed by atoms with Crippen molar-refractivity contribution in [3.05, 3.63) is 22.5 Å². The van der Waals surface area contributed by atoms with Crippen LogP contribution in [0.2, 0.25) is 0 Å². The van der Waals surface area contributed by atoms with E-state index in [2.05, 4.69) is 20.6 Å². The van der Waals surface area contributed by atoms with Crippen molar-refractivity contribution < 1.29 is 4.79 Å². The Morgan fingerprint density at radius 3 is 2.85 bits per heavy atom. The maximum Gasteiger partial charge on any atom is 0.254 e. The van der Waals surface area contributed by atoms with E-state index in [4.69, 9.17) is 0 Å². The van der Waals surface area contributed by atoms with E-state index < -0.39 is 0 Å². The summed E-state index contributed by atoms with van der Waals surface area (Å²) in [4.78, 5) is 12.0. The Labute approximate surface area is 126 Å². The van der Waals surface area contributed by atoms with E-state index in [1.165, 1.54) is 0 Å². The zero-order valence-electron chi connectivity index (χ0n) is 11.7. The van der Waals surface area contributed by atoms with Crippen LogP contribution in [0.1, 0.15) is 28.0 Å². The Bertz CT molecular complexity index is 592. The molecule has 0 spiro atoms. The van der Waals surface area contributed by atoms with Gasteiger partial charge < -0.3 is 5.32 Å². The fourth-order valence-electron chi connectivity index (χ4n) is 1.72. The molecule has 2 rings (SSSR count). The third-order valence-electron chi connectivity index (χ3n) is 2.77. The van der Waals surface area contributed by atoms with Crippen LogP contribution < -0.4 is 5.32 Å². The van der Waals surface area contributed by atoms with E-state index in [9.17, 15) is 4.79 Å². The van der Waals surface area contributed by atoms with Crippen molar-refractivity contribution in [1.29, 1.82) is 0 Å². The molecule has 6 nitrogen and oxygen atoms in total. The molecule has 0 atom stereocenters. The molecule has 1 N–H and O–H groups in total. The van der Waals surface area contributed by atoms with Crippen molar-refractivity contribution in [3.63, 3.8) is 0 Å². The summed E-state index contributed by atoms with van der Waals surface area (Å²) in [5.41, 5.74) is 1.54. The molecule has 2 aromatic heterocycles. The minimum atomic E-state index is -0.0729. The molecule has 0 saturated heterocycles. The molecule has 20 heavy (non-hydrogen) atoms. The van der Waals surface area contributed by atoms with Crippen LogP contribution in [0.5, 0.6) is 0 Å². The second-order valence-corrected chi connectivity index (χ2v) is 6.67. The van der Waals surface area contributed by atoms with Crippen LogP contribution in [0.3, 0.4) is 0 Å². The molecule has 0 fully saturated rings. The maximum atomic E-state index is 12.0. The maximum absolute atomic E-state index is 12.0. The highest BCUT2D eigenvalue weighted by atomic mass is 32.2. The van der Waals surface area contributed by atoms with Gasteiger partial charge in [0.15, 0.2) is 4.34 Å². The first-order valence-electron chi connectivity index (χ1n) is 6.35. The minimum absolute atomic E-state index is 0.0729. The van der Waals surface area contributed by atoms with Gasteiger partial charge in [0.05, 0.1) is 11.8 Å². The van der Waals surface area contributed by atoms with E-state index in [0.29, 0.717) is 12.1 Å². The molecule has 1 amide bonds. The van der Waals surface area contributed by atoms with Crippen molar-refractivity contribution >= 4 is 29.0 Å². The van der Waals surface area contributed by atoms with Crippen molar-refractivity contribution in [2.45, 2.75) is 31.7 Å². The highest BCUT2D eigenvalue weighted by molar-refractivity contribution is 8.01. The van der Waals surface area contributed by atoms with E-state index >= 15 is 0 Å². The summed E-state index contributed by atoms with van der Waals surface area (Å²) >= 11 is 3.17. The number of amides is 1. The van der Waals surface area contributed by atoms with E-state index in [-0.39, 0.29) is 5.91 Å². The second kappa shape index (κ2) is 6.85. The molecule has 8 heteroatoms. The van der Waals surface area contributed by atoms with E-state index in [1.807, 2.05) is 25.5 Å². The molecular formula is C12H17N5OS2. The molecule has 2 heterocycles. The number of carbonyl (C=O) groups is 1. The first kappa shape index (κ1) is 15.0. The SMILES string of the molecule is CCn1ncc(C(=O)NCCSc2nnc(C)s2)c1C. The Morgan fingerprint density at radius 1 is 1.45 bits per heavy atom. The topological polar surface area (TPSA) is 72.7 Å². The number of hydrogen-bond donors (Lipinski definition) is 1. The monoisotopic (exact) mass is 311 g/mol. The van der Waals surface area contributed by atoms with Crippen LogP contribution in [0.25, 0.3) is 0 Å². The van der Waals surface area contributed by atoms with Gasteiger partial charge in [-0.3, -0.25) is 9.48 Å². The summed E-state index contributed by atoms with van der Waals surface area (Å²) in [7, 11) is 0. The Balaban J connectivity index is 1.79. The van der Waals surface area contributed by atoms with Crippen LogP contribution in [0.15, 0.2) is 10.5 Å². The fraction of sp³-hybridized carbons (Fsp3) is 0.500. The van der Waals surface area contributed by atoms with Crippen molar-refractivity contribution in [2.75, 3.05) is 12.3 Å². The average Bonchev–Trinajstić information content (AvgIpc) is 3.00. The van der Waals surface area contributed by atoms with Gasteiger partial charge in [0.1, 0.15) is 5.01 Å². The quantitative estimate of drug-likeness (QED) is 0.651. The van der Waals surface area contributed by atoms with Crippen molar-refractivity contribution in [1.82, 2.24) is 25.3 Å². The molecule has 0 aliphatic carbocycles. The molecule has 0 aliphatic rings. The summed E-state index contributed by atoms with van der Waals surface area (Å²) < 4.78 is 2.75. The third-order valence-corrected chi connectivity index (χ3v) is 4.74. The molecule has 0 saturated carbocycles. The first-order valence-corrected chi connectivity index (χ1v) is 8.15. The van der Waals surface area contributed by atoms with E-state index in [0.717, 1.165) is 27.3 Å². The van der Waals surface area contributed by atoms with Crippen LogP contribution in [-0.4, -0.2) is 38.2 Å². The fourth-order valence-corrected chi connectivity index (χ4v) is 3.46. The lowest BCUT2D eigenvalue weighted by Crippen LogP contribution is -2.26. The van der Waals surface area contributed by atoms with Gasteiger partial charge in [0.25, 0.3) is 5.91 Å². The standard InChI is InChI=1S/C12H17N5OS2/c1-4-17-8(2)10(7-14-17)11(18)13-5-6-19-12-16-15-9(3)20-12/h7H,4-6H2,1-3H3,(H,13,18). The summed E-state index contributed by atoms with van der Waals surface area (Å²) in [5.74, 6) is 0.706.